The number of halogens is 1. The van der Waals surface area contributed by atoms with E-state index < -0.39 is 23.2 Å². The molecule has 25 heavy (non-hydrogen) atoms. The van der Waals surface area contributed by atoms with Crippen LogP contribution in [0.1, 0.15) is 54.7 Å². The van der Waals surface area contributed by atoms with E-state index in [1.807, 2.05) is 0 Å². The van der Waals surface area contributed by atoms with Gasteiger partial charge < -0.3 is 10.4 Å². The summed E-state index contributed by atoms with van der Waals surface area (Å²) in [4.78, 5) is 24.3. The molecule has 1 aromatic heterocycles. The van der Waals surface area contributed by atoms with Crippen LogP contribution >= 0.6 is 0 Å². The lowest BCUT2D eigenvalue weighted by molar-refractivity contribution is -0.144. The molecule has 2 N–H and O–H groups in total. The van der Waals surface area contributed by atoms with Crippen molar-refractivity contribution in [1.29, 1.82) is 0 Å². The zero-order chi connectivity index (χ0) is 18.0. The van der Waals surface area contributed by atoms with E-state index in [-0.39, 0.29) is 11.3 Å². The smallest absolute Gasteiger partial charge is 0.333 e. The predicted octanol–water partition coefficient (Wildman–Crippen LogP) is 2.87. The Bertz CT molecular complexity index is 781. The molecule has 2 aromatic rings. The highest BCUT2D eigenvalue weighted by Crippen LogP contribution is 2.29. The maximum absolute atomic E-state index is 13.1. The number of rotatable bonds is 5. The lowest BCUT2D eigenvalue weighted by Crippen LogP contribution is -2.49. The third kappa shape index (κ3) is 3.40. The number of carbonyl (C=O) groups excluding carboxylic acids is 1. The first kappa shape index (κ1) is 17.1. The van der Waals surface area contributed by atoms with Crippen LogP contribution in [0.2, 0.25) is 0 Å². The number of aromatic nitrogens is 2. The van der Waals surface area contributed by atoms with E-state index in [1.54, 1.807) is 16.9 Å². The molecule has 7 heteroatoms. The van der Waals surface area contributed by atoms with Gasteiger partial charge in [-0.1, -0.05) is 25.0 Å². The average Bonchev–Trinajstić information content (AvgIpc) is 3.26. The first-order valence-electron chi connectivity index (χ1n) is 8.27. The molecule has 1 aromatic carbocycles. The number of hydrogen-bond donors (Lipinski definition) is 2. The summed E-state index contributed by atoms with van der Waals surface area (Å²) in [5, 5.41) is 16.4. The summed E-state index contributed by atoms with van der Waals surface area (Å²) in [5.74, 6) is -2.29. The number of nitrogens with one attached hydrogen (secondary N) is 1. The normalized spacial score (nSPS) is 17.2. The summed E-state index contributed by atoms with van der Waals surface area (Å²) < 4.78 is 14.9. The topological polar surface area (TPSA) is 84.2 Å². The van der Waals surface area contributed by atoms with Gasteiger partial charge in [-0.15, -0.1) is 0 Å². The molecule has 0 saturated heterocycles. The van der Waals surface area contributed by atoms with Crippen molar-refractivity contribution < 1.29 is 19.1 Å². The molecule has 0 aliphatic heterocycles. The molecular formula is C18H20FN3O3. The highest BCUT2D eigenvalue weighted by molar-refractivity contribution is 5.96. The Morgan fingerprint density at radius 2 is 1.88 bits per heavy atom. The van der Waals surface area contributed by atoms with Crippen molar-refractivity contribution in [2.45, 2.75) is 44.2 Å². The number of amides is 1. The van der Waals surface area contributed by atoms with Crippen LogP contribution in [0.3, 0.4) is 0 Å². The summed E-state index contributed by atoms with van der Waals surface area (Å²) in [5.41, 5.74) is -1.23. The lowest BCUT2D eigenvalue weighted by atomic mass is 9.92. The fraction of sp³-hybridized carbons (Fsp3) is 0.389. The van der Waals surface area contributed by atoms with E-state index >= 15 is 0 Å². The molecule has 1 fully saturated rings. The Morgan fingerprint density at radius 1 is 1.24 bits per heavy atom. The molecule has 3 rings (SSSR count). The molecule has 1 unspecified atom stereocenters. The number of carbonyl (C=O) groups is 2. The molecule has 1 saturated carbocycles. The standard InChI is InChI=1S/C18H20FN3O3/c1-18(17(24)25,12-6-8-13(19)9-7-12)20-16(23)15-10-11-22(21-15)14-4-2-3-5-14/h6-11,14H,2-5H2,1H3,(H,20,23)(H,24,25). The van der Waals surface area contributed by atoms with E-state index in [0.717, 1.165) is 37.8 Å². The first-order valence-corrected chi connectivity index (χ1v) is 8.27. The molecule has 0 bridgehead atoms. The third-order valence-corrected chi connectivity index (χ3v) is 4.75. The minimum Gasteiger partial charge on any atom is -0.479 e. The maximum atomic E-state index is 13.1. The average molecular weight is 345 g/mol. The van der Waals surface area contributed by atoms with Gasteiger partial charge in [0, 0.05) is 6.20 Å². The second-order valence-corrected chi connectivity index (χ2v) is 6.51. The summed E-state index contributed by atoms with van der Waals surface area (Å²) in [7, 11) is 0. The molecule has 1 aliphatic rings. The van der Waals surface area contributed by atoms with Crippen molar-refractivity contribution in [1.82, 2.24) is 15.1 Å². The van der Waals surface area contributed by atoms with Gasteiger partial charge in [-0.25, -0.2) is 9.18 Å². The summed E-state index contributed by atoms with van der Waals surface area (Å²) >= 11 is 0. The van der Waals surface area contributed by atoms with Crippen molar-refractivity contribution >= 4 is 11.9 Å². The fourth-order valence-electron chi connectivity index (χ4n) is 3.15. The van der Waals surface area contributed by atoms with Crippen LogP contribution in [0.15, 0.2) is 36.5 Å². The molecule has 1 atom stereocenters. The minimum absolute atomic E-state index is 0.168. The first-order chi connectivity index (χ1) is 11.9. The van der Waals surface area contributed by atoms with Crippen LogP contribution < -0.4 is 5.32 Å². The number of carboxylic acid groups (broad SMARTS) is 1. The SMILES string of the molecule is CC(NC(=O)c1ccn(C2CCCC2)n1)(C(=O)O)c1ccc(F)cc1. The van der Waals surface area contributed by atoms with Gasteiger partial charge in [-0.3, -0.25) is 9.48 Å². The van der Waals surface area contributed by atoms with Crippen LogP contribution in [-0.2, 0) is 10.3 Å². The van der Waals surface area contributed by atoms with Gasteiger partial charge in [0.1, 0.15) is 11.5 Å². The molecule has 0 radical (unpaired) electrons. The van der Waals surface area contributed by atoms with Crippen molar-refractivity contribution in [3.8, 4) is 0 Å². The zero-order valence-corrected chi connectivity index (χ0v) is 13.9. The zero-order valence-electron chi connectivity index (χ0n) is 13.9. The largest absolute Gasteiger partial charge is 0.479 e. The van der Waals surface area contributed by atoms with Crippen molar-refractivity contribution in [3.05, 3.63) is 53.6 Å². The highest BCUT2D eigenvalue weighted by Gasteiger charge is 2.37. The number of benzene rings is 1. The lowest BCUT2D eigenvalue weighted by Gasteiger charge is -2.26. The summed E-state index contributed by atoms with van der Waals surface area (Å²) in [6, 6.07) is 6.90. The Morgan fingerprint density at radius 3 is 2.48 bits per heavy atom. The number of nitrogens with zero attached hydrogens (tertiary/aromatic N) is 2. The van der Waals surface area contributed by atoms with Crippen molar-refractivity contribution in [2.75, 3.05) is 0 Å². The van der Waals surface area contributed by atoms with Gasteiger partial charge in [-0.2, -0.15) is 5.10 Å². The van der Waals surface area contributed by atoms with Gasteiger partial charge in [0.2, 0.25) is 0 Å². The van der Waals surface area contributed by atoms with E-state index in [9.17, 15) is 19.1 Å². The van der Waals surface area contributed by atoms with Gasteiger partial charge in [-0.05, 0) is 43.5 Å². The molecule has 1 amide bonds. The second kappa shape index (κ2) is 6.66. The van der Waals surface area contributed by atoms with Crippen molar-refractivity contribution in [3.63, 3.8) is 0 Å². The van der Waals surface area contributed by atoms with Crippen molar-refractivity contribution in [2.24, 2.45) is 0 Å². The molecule has 132 valence electrons. The molecule has 0 spiro atoms. The van der Waals surface area contributed by atoms with Crippen LogP contribution in [0, 0.1) is 5.82 Å². The second-order valence-electron chi connectivity index (χ2n) is 6.51. The van der Waals surface area contributed by atoms with Gasteiger partial charge in [0.25, 0.3) is 5.91 Å². The predicted molar refractivity (Wildman–Crippen MR) is 88.6 cm³/mol. The Kier molecular flexibility index (Phi) is 4.57. The summed E-state index contributed by atoms with van der Waals surface area (Å²) in [6.45, 7) is 1.37. The maximum Gasteiger partial charge on any atom is 0.333 e. The van der Waals surface area contributed by atoms with E-state index in [2.05, 4.69) is 10.4 Å². The fourth-order valence-corrected chi connectivity index (χ4v) is 3.15. The van der Waals surface area contributed by atoms with Gasteiger partial charge in [0.05, 0.1) is 6.04 Å². The van der Waals surface area contributed by atoms with Crippen LogP contribution in [-0.4, -0.2) is 26.8 Å². The summed E-state index contributed by atoms with van der Waals surface area (Å²) in [6.07, 6.45) is 6.11. The quantitative estimate of drug-likeness (QED) is 0.873. The monoisotopic (exact) mass is 345 g/mol. The molecule has 1 aliphatic carbocycles. The van der Waals surface area contributed by atoms with Crippen LogP contribution in [0.5, 0.6) is 0 Å². The Hall–Kier alpha value is -2.70. The number of carboxylic acids is 1. The van der Waals surface area contributed by atoms with E-state index in [1.165, 1.54) is 19.1 Å². The van der Waals surface area contributed by atoms with E-state index in [4.69, 9.17) is 0 Å². The highest BCUT2D eigenvalue weighted by atomic mass is 19.1. The molecule has 1 heterocycles. The molecule has 6 nitrogen and oxygen atoms in total. The minimum atomic E-state index is -1.68. The Balaban J connectivity index is 1.81. The number of hydrogen-bond acceptors (Lipinski definition) is 3. The van der Waals surface area contributed by atoms with Gasteiger partial charge in [0.15, 0.2) is 5.54 Å². The van der Waals surface area contributed by atoms with Crippen LogP contribution in [0.4, 0.5) is 4.39 Å². The van der Waals surface area contributed by atoms with E-state index in [0.29, 0.717) is 6.04 Å². The van der Waals surface area contributed by atoms with Crippen LogP contribution in [0.25, 0.3) is 0 Å². The molecular weight excluding hydrogens is 325 g/mol. The van der Waals surface area contributed by atoms with Gasteiger partial charge >= 0.3 is 5.97 Å². The Labute approximate surface area is 144 Å². The third-order valence-electron chi connectivity index (χ3n) is 4.75. The number of aliphatic carboxylic acids is 1.